The van der Waals surface area contributed by atoms with Gasteiger partial charge in [-0.25, -0.2) is 0 Å². The molecule has 0 radical (unpaired) electrons. The molecular formula is C4H7NaO4S2. The first kappa shape index (κ1) is 14.3. The first-order valence-electron chi connectivity index (χ1n) is 2.52. The van der Waals surface area contributed by atoms with Gasteiger partial charge in [0.1, 0.15) is 4.20 Å². The maximum atomic E-state index is 10.2. The Morgan fingerprint density at radius 2 is 1.64 bits per heavy atom. The zero-order valence-corrected chi connectivity index (χ0v) is 10.2. The van der Waals surface area contributed by atoms with Gasteiger partial charge in [-0.15, -0.1) is 0 Å². The molecule has 0 N–H and O–H groups in total. The van der Waals surface area contributed by atoms with Crippen molar-refractivity contribution in [3.8, 4) is 0 Å². The van der Waals surface area contributed by atoms with E-state index in [9.17, 15) is 17.2 Å². The van der Waals surface area contributed by atoms with E-state index < -0.39 is 31.5 Å². The fourth-order valence-corrected chi connectivity index (χ4v) is 1.65. The van der Waals surface area contributed by atoms with E-state index in [1.54, 1.807) is 0 Å². The minimum atomic E-state index is -2.61. The third kappa shape index (κ3) is 5.10. The van der Waals surface area contributed by atoms with Crippen molar-refractivity contribution in [3.05, 3.63) is 0 Å². The summed E-state index contributed by atoms with van der Waals surface area (Å²) < 4.78 is 40.1. The van der Waals surface area contributed by atoms with Gasteiger partial charge in [0, 0.05) is 5.92 Å². The van der Waals surface area contributed by atoms with Crippen LogP contribution in [0, 0.1) is 5.92 Å². The van der Waals surface area contributed by atoms with Gasteiger partial charge in [-0.3, -0.25) is 4.21 Å². The van der Waals surface area contributed by atoms with Gasteiger partial charge in [-0.05, 0) is 11.1 Å². The van der Waals surface area contributed by atoms with Gasteiger partial charge >= 0.3 is 29.6 Å². The molecule has 0 aliphatic heterocycles. The van der Waals surface area contributed by atoms with Crippen LogP contribution in [0.15, 0.2) is 0 Å². The van der Waals surface area contributed by atoms with E-state index >= 15 is 0 Å². The molecule has 0 amide bonds. The van der Waals surface area contributed by atoms with Crippen LogP contribution in [0.2, 0.25) is 0 Å². The van der Waals surface area contributed by atoms with Gasteiger partial charge in [0.2, 0.25) is 10.3 Å². The summed E-state index contributed by atoms with van der Waals surface area (Å²) >= 11 is -2.61. The van der Waals surface area contributed by atoms with Gasteiger partial charge in [0.25, 0.3) is 0 Å². The van der Waals surface area contributed by atoms with Crippen molar-refractivity contribution in [2.45, 2.75) is 13.8 Å². The van der Waals surface area contributed by atoms with E-state index in [2.05, 4.69) is 0 Å². The number of hydrogen-bond acceptors (Lipinski definition) is 4. The number of rotatable bonds is 1. The summed E-state index contributed by atoms with van der Waals surface area (Å²) in [5, 5.41) is 0. The Bertz CT molecular complexity index is 258. The Morgan fingerprint density at radius 3 is 1.64 bits per heavy atom. The molecule has 0 bridgehead atoms. The average molecular weight is 206 g/mol. The molecule has 0 aliphatic carbocycles. The molecule has 7 heteroatoms. The van der Waals surface area contributed by atoms with E-state index in [0.717, 1.165) is 0 Å². The van der Waals surface area contributed by atoms with Gasteiger partial charge < -0.3 is 4.55 Å². The van der Waals surface area contributed by atoms with Crippen LogP contribution in [0.4, 0.5) is 0 Å². The summed E-state index contributed by atoms with van der Waals surface area (Å²) in [5.41, 5.74) is 0. The zero-order chi connectivity index (χ0) is 8.31. The molecule has 0 heterocycles. The normalized spacial score (nSPS) is 12.0. The van der Waals surface area contributed by atoms with Crippen molar-refractivity contribution in [1.29, 1.82) is 0 Å². The van der Waals surface area contributed by atoms with E-state index in [1.165, 1.54) is 13.8 Å². The first-order chi connectivity index (χ1) is 4.46. The van der Waals surface area contributed by atoms with Crippen molar-refractivity contribution < 1.29 is 46.7 Å². The largest absolute Gasteiger partial charge is 1.00 e. The first-order valence-corrected chi connectivity index (χ1v) is 4.67. The maximum absolute atomic E-state index is 10.2. The van der Waals surface area contributed by atoms with Crippen LogP contribution >= 0.6 is 0 Å². The molecule has 0 aromatic heterocycles. The topological polar surface area (TPSA) is 74.3 Å². The summed E-state index contributed by atoms with van der Waals surface area (Å²) in [6, 6.07) is 0. The van der Waals surface area contributed by atoms with Crippen molar-refractivity contribution in [3.63, 3.8) is 0 Å². The monoisotopic (exact) mass is 206 g/mol. The van der Waals surface area contributed by atoms with Gasteiger partial charge in [0.05, 0.1) is 0 Å². The fourth-order valence-electron chi connectivity index (χ4n) is 0.440. The van der Waals surface area contributed by atoms with Gasteiger partial charge in [0.15, 0.2) is 0 Å². The average Bonchev–Trinajstić information content (AvgIpc) is 1.59. The van der Waals surface area contributed by atoms with Crippen molar-refractivity contribution in [2.24, 2.45) is 5.92 Å². The van der Waals surface area contributed by atoms with Crippen molar-refractivity contribution in [1.82, 2.24) is 0 Å². The zero-order valence-electron chi connectivity index (χ0n) is 6.53. The Kier molecular flexibility index (Phi) is 8.25. The summed E-state index contributed by atoms with van der Waals surface area (Å²) in [5.74, 6) is -0.475. The molecule has 0 fully saturated rings. The molecular weight excluding hydrogens is 199 g/mol. The Hall–Kier alpha value is 0.800. The predicted molar refractivity (Wildman–Crippen MR) is 37.7 cm³/mol. The molecule has 60 valence electrons. The minimum absolute atomic E-state index is 0. The van der Waals surface area contributed by atoms with Gasteiger partial charge in [-0.2, -0.15) is 8.42 Å². The smallest absolute Gasteiger partial charge is 0.768 e. The van der Waals surface area contributed by atoms with Crippen molar-refractivity contribution >= 4 is 25.6 Å². The summed E-state index contributed by atoms with van der Waals surface area (Å²) in [4.78, 5) is 0. The molecule has 0 saturated carbocycles. The minimum Gasteiger partial charge on any atom is -0.768 e. The third-order valence-corrected chi connectivity index (χ3v) is 3.22. The van der Waals surface area contributed by atoms with Crippen LogP contribution in [-0.2, 0) is 21.4 Å². The van der Waals surface area contributed by atoms with E-state index in [-0.39, 0.29) is 29.6 Å². The fraction of sp³-hybridized carbons (Fsp3) is 0.750. The Labute approximate surface area is 91.5 Å². The van der Waals surface area contributed by atoms with E-state index in [1.807, 2.05) is 0 Å². The van der Waals surface area contributed by atoms with Gasteiger partial charge in [-0.1, -0.05) is 13.8 Å². The molecule has 1 atom stereocenters. The standard InChI is InChI=1S/C4H8O4S2.Na/c1-3(2)4(9(5)6)10(7)8;/h3H,1-2H3,(H,5,6);/q;+1/p-1. The predicted octanol–water partition coefficient (Wildman–Crippen LogP) is -3.47. The van der Waals surface area contributed by atoms with Crippen molar-refractivity contribution in [2.75, 3.05) is 0 Å². The summed E-state index contributed by atoms with van der Waals surface area (Å²) in [6.45, 7) is 3.00. The molecule has 0 aliphatic rings. The Balaban J connectivity index is 0. The molecule has 0 spiro atoms. The van der Waals surface area contributed by atoms with Crippen LogP contribution < -0.4 is 29.6 Å². The summed E-state index contributed by atoms with van der Waals surface area (Å²) in [7, 11) is -2.61. The Morgan fingerprint density at radius 1 is 1.27 bits per heavy atom. The van der Waals surface area contributed by atoms with Crippen LogP contribution in [-0.4, -0.2) is 21.4 Å². The second-order valence-corrected chi connectivity index (χ2v) is 4.02. The maximum Gasteiger partial charge on any atom is 1.00 e. The molecule has 0 aromatic carbocycles. The molecule has 0 saturated heterocycles. The molecule has 11 heavy (non-hydrogen) atoms. The van der Waals surface area contributed by atoms with E-state index in [4.69, 9.17) is 0 Å². The summed E-state index contributed by atoms with van der Waals surface area (Å²) in [6.07, 6.45) is 0. The third-order valence-electron chi connectivity index (χ3n) is 0.800. The SMILES string of the molecule is CC(C)C(S(=O)[O-])=S(=O)=O.[Na+]. The van der Waals surface area contributed by atoms with Crippen LogP contribution in [0.3, 0.4) is 0 Å². The molecule has 0 aromatic rings. The molecule has 4 nitrogen and oxygen atoms in total. The number of hydrogen-bond donors (Lipinski definition) is 0. The molecule has 0 rings (SSSR count). The van der Waals surface area contributed by atoms with Crippen LogP contribution in [0.1, 0.15) is 13.8 Å². The quantitative estimate of drug-likeness (QED) is 0.254. The van der Waals surface area contributed by atoms with Crippen LogP contribution in [0.25, 0.3) is 0 Å². The van der Waals surface area contributed by atoms with Crippen LogP contribution in [0.5, 0.6) is 0 Å². The molecule has 1 unspecified atom stereocenters. The van der Waals surface area contributed by atoms with E-state index in [0.29, 0.717) is 0 Å². The second-order valence-electron chi connectivity index (χ2n) is 1.94. The second kappa shape index (κ2) is 6.33.